The predicted molar refractivity (Wildman–Crippen MR) is 113 cm³/mol. The van der Waals surface area contributed by atoms with E-state index in [1.54, 1.807) is 32.3 Å². The fourth-order valence-electron chi connectivity index (χ4n) is 3.98. The molecule has 0 aromatic carbocycles. The van der Waals surface area contributed by atoms with Gasteiger partial charge in [0.25, 0.3) is 0 Å². The first-order chi connectivity index (χ1) is 14.5. The molecule has 1 aliphatic carbocycles. The number of allylic oxidation sites excluding steroid dienone is 1. The first-order valence-electron chi connectivity index (χ1n) is 10.6. The van der Waals surface area contributed by atoms with Gasteiger partial charge < -0.3 is 19.8 Å². The molecule has 1 fully saturated rings. The number of carbonyl (C=O) groups excluding carboxylic acids is 2. The number of aromatic nitrogens is 2. The van der Waals surface area contributed by atoms with Crippen LogP contribution < -0.4 is 5.32 Å². The van der Waals surface area contributed by atoms with E-state index in [0.29, 0.717) is 12.5 Å². The number of rotatable bonds is 6. The molecule has 0 unspecified atom stereocenters. The lowest BCUT2D eigenvalue weighted by atomic mass is 9.89. The van der Waals surface area contributed by atoms with Crippen LogP contribution in [0.2, 0.25) is 0 Å². The van der Waals surface area contributed by atoms with Crippen molar-refractivity contribution in [1.82, 2.24) is 15.3 Å². The number of pyridine rings is 1. The molecule has 1 saturated carbocycles. The summed E-state index contributed by atoms with van der Waals surface area (Å²) in [4.78, 5) is 33.0. The second kappa shape index (κ2) is 8.73. The number of hydrogen-bond acceptors (Lipinski definition) is 6. The van der Waals surface area contributed by atoms with E-state index in [4.69, 9.17) is 9.47 Å². The summed E-state index contributed by atoms with van der Waals surface area (Å²) in [5, 5.41) is 4.08. The second-order valence-corrected chi connectivity index (χ2v) is 8.13. The zero-order chi connectivity index (χ0) is 21.1. The van der Waals surface area contributed by atoms with E-state index in [-0.39, 0.29) is 23.3 Å². The Kier molecular flexibility index (Phi) is 5.88. The summed E-state index contributed by atoms with van der Waals surface area (Å²) in [5.41, 5.74) is 1.42. The molecule has 3 heterocycles. The van der Waals surface area contributed by atoms with Crippen molar-refractivity contribution < 1.29 is 19.1 Å². The largest absolute Gasteiger partial charge is 0.459 e. The number of aromatic amines is 1. The van der Waals surface area contributed by atoms with Crippen LogP contribution in [0.4, 0.5) is 0 Å². The maximum absolute atomic E-state index is 13.0. The van der Waals surface area contributed by atoms with Crippen LogP contribution in [0.25, 0.3) is 17.1 Å². The lowest BCUT2D eigenvalue weighted by molar-refractivity contribution is -0.143. The molecule has 30 heavy (non-hydrogen) atoms. The molecular weight excluding hydrogens is 382 g/mol. The quantitative estimate of drug-likeness (QED) is 0.428. The van der Waals surface area contributed by atoms with Crippen LogP contribution in [0.15, 0.2) is 41.7 Å². The van der Waals surface area contributed by atoms with E-state index in [1.807, 2.05) is 12.1 Å². The number of Topliss-reactive ketones (excluding diaryl/α,β-unsaturated/α-hetero) is 1. The zero-order valence-electron chi connectivity index (χ0n) is 17.4. The molecule has 158 valence electrons. The third-order valence-electron chi connectivity index (χ3n) is 5.48. The average Bonchev–Trinajstić information content (AvgIpc) is 3.28. The number of H-pyrrole nitrogens is 1. The predicted octanol–water partition coefficient (Wildman–Crippen LogP) is 3.84. The summed E-state index contributed by atoms with van der Waals surface area (Å²) in [6.07, 6.45) is 10.8. The van der Waals surface area contributed by atoms with Crippen molar-refractivity contribution >= 4 is 28.9 Å². The van der Waals surface area contributed by atoms with Gasteiger partial charge in [-0.05, 0) is 50.8 Å². The van der Waals surface area contributed by atoms with Gasteiger partial charge in [-0.2, -0.15) is 0 Å². The Hall–Kier alpha value is -3.09. The summed E-state index contributed by atoms with van der Waals surface area (Å²) >= 11 is 0. The molecular formula is C23H27N3O4. The number of carbonyl (C=O) groups is 2. The molecule has 0 bridgehead atoms. The van der Waals surface area contributed by atoms with Crippen molar-refractivity contribution in [2.24, 2.45) is 5.92 Å². The Morgan fingerprint density at radius 3 is 2.93 bits per heavy atom. The second-order valence-electron chi connectivity index (χ2n) is 8.13. The minimum atomic E-state index is -0.662. The van der Waals surface area contributed by atoms with Crippen molar-refractivity contribution in [1.29, 1.82) is 0 Å². The Bertz CT molecular complexity index is 1010. The number of fused-ring (bicyclic) bond motifs is 1. The van der Waals surface area contributed by atoms with E-state index in [1.165, 1.54) is 19.3 Å². The fraction of sp³-hybridized carbons (Fsp3) is 0.435. The third-order valence-corrected chi connectivity index (χ3v) is 5.48. The van der Waals surface area contributed by atoms with Crippen LogP contribution in [0.1, 0.15) is 51.5 Å². The van der Waals surface area contributed by atoms with Gasteiger partial charge in [0, 0.05) is 29.9 Å². The highest BCUT2D eigenvalue weighted by Crippen LogP contribution is 2.29. The Balaban J connectivity index is 1.59. The molecule has 0 spiro atoms. The normalized spacial score (nSPS) is 19.0. The third kappa shape index (κ3) is 4.25. The minimum Gasteiger partial charge on any atom is -0.459 e. The van der Waals surface area contributed by atoms with E-state index in [0.717, 1.165) is 29.4 Å². The first kappa shape index (κ1) is 20.2. The molecule has 7 heteroatoms. The summed E-state index contributed by atoms with van der Waals surface area (Å²) in [6.45, 7) is 4.18. The highest BCUT2D eigenvalue weighted by atomic mass is 16.5. The summed E-state index contributed by atoms with van der Waals surface area (Å²) < 4.78 is 11.1. The van der Waals surface area contributed by atoms with E-state index < -0.39 is 11.8 Å². The van der Waals surface area contributed by atoms with Gasteiger partial charge in [-0.15, -0.1) is 0 Å². The van der Waals surface area contributed by atoms with Crippen LogP contribution >= 0.6 is 0 Å². The Morgan fingerprint density at radius 1 is 1.37 bits per heavy atom. The fourth-order valence-corrected chi connectivity index (χ4v) is 3.98. The maximum Gasteiger partial charge on any atom is 0.348 e. The highest BCUT2D eigenvalue weighted by molar-refractivity contribution is 6.26. The topological polar surface area (TPSA) is 93.3 Å². The van der Waals surface area contributed by atoms with E-state index in [2.05, 4.69) is 15.3 Å². The maximum atomic E-state index is 13.0. The number of ether oxygens (including phenoxy) is 2. The number of ketones is 1. The van der Waals surface area contributed by atoms with Crippen LogP contribution in [0.5, 0.6) is 0 Å². The number of esters is 1. The van der Waals surface area contributed by atoms with Crippen LogP contribution in [-0.4, -0.2) is 34.4 Å². The average molecular weight is 409 g/mol. The number of nitrogens with one attached hydrogen (secondary N) is 2. The molecule has 2 aromatic rings. The van der Waals surface area contributed by atoms with Gasteiger partial charge in [-0.25, -0.2) is 9.78 Å². The number of hydrogen-bond donors (Lipinski definition) is 2. The van der Waals surface area contributed by atoms with Gasteiger partial charge in [0.2, 0.25) is 11.7 Å². The first-order valence-corrected chi connectivity index (χ1v) is 10.6. The molecule has 0 amide bonds. The number of nitrogens with zero attached hydrogens (tertiary/aromatic N) is 1. The summed E-state index contributed by atoms with van der Waals surface area (Å²) in [7, 11) is 0. The Labute approximate surface area is 175 Å². The summed E-state index contributed by atoms with van der Waals surface area (Å²) in [5.74, 6) is -0.322. The molecule has 4 rings (SSSR count). The molecule has 2 aliphatic rings. The van der Waals surface area contributed by atoms with Gasteiger partial charge in [-0.3, -0.25) is 4.79 Å². The standard InChI is InChI=1S/C23H27N3O4/c1-14(2)29-23(28)19-20(27)18(11-16-13-25-21-17(16)9-6-10-24-21)30-22(19)26-12-15-7-4-3-5-8-15/h6,9-11,13-15,26H,3-5,7-8,12H2,1-2H3,(H,24,25)/b18-11-. The molecule has 7 nitrogen and oxygen atoms in total. The van der Waals surface area contributed by atoms with Crippen molar-refractivity contribution in [2.75, 3.05) is 6.54 Å². The zero-order valence-corrected chi connectivity index (χ0v) is 17.4. The van der Waals surface area contributed by atoms with Gasteiger partial charge in [0.1, 0.15) is 5.65 Å². The monoisotopic (exact) mass is 409 g/mol. The molecule has 1 aliphatic heterocycles. The lowest BCUT2D eigenvalue weighted by Crippen LogP contribution is -2.27. The molecule has 2 aromatic heterocycles. The summed E-state index contributed by atoms with van der Waals surface area (Å²) in [6, 6.07) is 3.74. The minimum absolute atomic E-state index is 0.0660. The van der Waals surface area contributed by atoms with Crippen LogP contribution in [-0.2, 0) is 19.1 Å². The van der Waals surface area contributed by atoms with Gasteiger partial charge in [0.05, 0.1) is 6.10 Å². The molecule has 0 atom stereocenters. The van der Waals surface area contributed by atoms with Gasteiger partial charge >= 0.3 is 5.97 Å². The lowest BCUT2D eigenvalue weighted by Gasteiger charge is -2.22. The van der Waals surface area contributed by atoms with Crippen LogP contribution in [0.3, 0.4) is 0 Å². The van der Waals surface area contributed by atoms with E-state index in [9.17, 15) is 9.59 Å². The molecule has 2 N–H and O–H groups in total. The van der Waals surface area contributed by atoms with Crippen LogP contribution in [0, 0.1) is 5.92 Å². The smallest absolute Gasteiger partial charge is 0.348 e. The SMILES string of the molecule is CC(C)OC(=O)C1=C(NCC2CCCCC2)O/C(=C\c2c[nH]c3ncccc23)C1=O. The van der Waals surface area contributed by atoms with E-state index >= 15 is 0 Å². The van der Waals surface area contributed by atoms with Gasteiger partial charge in [-0.1, -0.05) is 19.3 Å². The van der Waals surface area contributed by atoms with Crippen molar-refractivity contribution in [3.05, 3.63) is 47.3 Å². The molecule has 0 radical (unpaired) electrons. The van der Waals surface area contributed by atoms with Crippen molar-refractivity contribution in [2.45, 2.75) is 52.1 Å². The van der Waals surface area contributed by atoms with Crippen molar-refractivity contribution in [3.63, 3.8) is 0 Å². The van der Waals surface area contributed by atoms with Gasteiger partial charge in [0.15, 0.2) is 11.3 Å². The van der Waals surface area contributed by atoms with Crippen molar-refractivity contribution in [3.8, 4) is 0 Å². The molecule has 0 saturated heterocycles. The highest BCUT2D eigenvalue weighted by Gasteiger charge is 2.37. The Morgan fingerprint density at radius 2 is 2.17 bits per heavy atom.